The van der Waals surface area contributed by atoms with Gasteiger partial charge in [0.05, 0.1) is 12.8 Å². The van der Waals surface area contributed by atoms with E-state index in [2.05, 4.69) is 9.88 Å². The van der Waals surface area contributed by atoms with Gasteiger partial charge in [0.15, 0.2) is 0 Å². The Morgan fingerprint density at radius 3 is 2.50 bits per heavy atom. The van der Waals surface area contributed by atoms with Crippen LogP contribution in [0, 0.1) is 13.8 Å². The maximum atomic E-state index is 6.33. The quantitative estimate of drug-likeness (QED) is 0.945. The summed E-state index contributed by atoms with van der Waals surface area (Å²) in [5, 5.41) is 1.68. The molecule has 1 aromatic heterocycles. The zero-order valence-corrected chi connectivity index (χ0v) is 13.3. The van der Waals surface area contributed by atoms with Gasteiger partial charge in [-0.05, 0) is 19.4 Å². The van der Waals surface area contributed by atoms with Crippen LogP contribution in [-0.2, 0) is 6.54 Å². The number of pyridine rings is 1. The molecule has 0 unspecified atom stereocenters. The Balaban J connectivity index is 3.06. The molecule has 0 atom stereocenters. The Hall–Kier alpha value is -1.52. The summed E-state index contributed by atoms with van der Waals surface area (Å²) in [7, 11) is 5.63. The van der Waals surface area contributed by atoms with Crippen LogP contribution in [0.5, 0.6) is 5.75 Å². The van der Waals surface area contributed by atoms with Crippen LogP contribution in [0.3, 0.4) is 0 Å². The van der Waals surface area contributed by atoms with Crippen molar-refractivity contribution < 1.29 is 4.74 Å². The van der Waals surface area contributed by atoms with E-state index in [1.165, 1.54) is 0 Å². The lowest BCUT2D eigenvalue weighted by Gasteiger charge is -2.23. The number of aryl methyl sites for hydroxylation is 2. The molecule has 0 saturated carbocycles. The van der Waals surface area contributed by atoms with Crippen molar-refractivity contribution in [1.29, 1.82) is 0 Å². The lowest BCUT2D eigenvalue weighted by molar-refractivity contribution is 0.419. The zero-order valence-electron chi connectivity index (χ0n) is 12.5. The lowest BCUT2D eigenvalue weighted by Crippen LogP contribution is -2.16. The van der Waals surface area contributed by atoms with Crippen LogP contribution in [0.1, 0.15) is 16.8 Å². The lowest BCUT2D eigenvalue weighted by atomic mass is 10.0. The number of ether oxygens (including phenoxy) is 1. The Labute approximate surface area is 124 Å². The Morgan fingerprint density at radius 1 is 1.35 bits per heavy atom. The van der Waals surface area contributed by atoms with Gasteiger partial charge in [-0.15, -0.1) is 0 Å². The molecule has 0 bridgehead atoms. The van der Waals surface area contributed by atoms with E-state index in [1.807, 2.05) is 34.0 Å². The van der Waals surface area contributed by atoms with Crippen LogP contribution in [0.2, 0.25) is 5.02 Å². The summed E-state index contributed by atoms with van der Waals surface area (Å²) >= 11 is 6.33. The summed E-state index contributed by atoms with van der Waals surface area (Å²) < 4.78 is 5.43. The summed E-state index contributed by atoms with van der Waals surface area (Å²) in [6.45, 7) is 4.41. The minimum atomic E-state index is 0.441. The van der Waals surface area contributed by atoms with Crippen LogP contribution < -0.4 is 15.4 Å². The second-order valence-corrected chi connectivity index (χ2v) is 5.44. The van der Waals surface area contributed by atoms with Crippen molar-refractivity contribution in [3.05, 3.63) is 27.9 Å². The van der Waals surface area contributed by atoms with Gasteiger partial charge < -0.3 is 15.4 Å². The molecule has 108 valence electrons. The minimum absolute atomic E-state index is 0.441. The monoisotopic (exact) mass is 293 g/mol. The highest BCUT2D eigenvalue weighted by atomic mass is 35.5. The van der Waals surface area contributed by atoms with Crippen molar-refractivity contribution in [3.8, 4) is 5.75 Å². The van der Waals surface area contributed by atoms with Gasteiger partial charge in [-0.25, -0.2) is 4.98 Å². The molecule has 4 nitrogen and oxygen atoms in total. The highest BCUT2D eigenvalue weighted by molar-refractivity contribution is 6.33. The van der Waals surface area contributed by atoms with E-state index >= 15 is 0 Å². The minimum Gasteiger partial charge on any atom is -0.494 e. The van der Waals surface area contributed by atoms with Crippen LogP contribution in [0.15, 0.2) is 6.07 Å². The predicted octanol–water partition coefficient (Wildman–Crippen LogP) is 3.04. The third kappa shape index (κ3) is 2.19. The molecule has 0 radical (unpaired) electrons. The Bertz CT molecular complexity index is 668. The van der Waals surface area contributed by atoms with E-state index in [4.69, 9.17) is 22.1 Å². The number of fused-ring (bicyclic) bond motifs is 1. The predicted molar refractivity (Wildman–Crippen MR) is 85.0 cm³/mol. The molecule has 0 aliphatic rings. The van der Waals surface area contributed by atoms with Gasteiger partial charge >= 0.3 is 0 Å². The molecule has 0 fully saturated rings. The fourth-order valence-corrected chi connectivity index (χ4v) is 2.76. The maximum absolute atomic E-state index is 6.33. The summed E-state index contributed by atoms with van der Waals surface area (Å²) in [5.41, 5.74) is 10.7. The maximum Gasteiger partial charge on any atom is 0.146 e. The van der Waals surface area contributed by atoms with E-state index in [0.29, 0.717) is 17.3 Å². The zero-order chi connectivity index (χ0) is 15.0. The van der Waals surface area contributed by atoms with Gasteiger partial charge in [-0.1, -0.05) is 11.6 Å². The molecule has 1 aromatic carbocycles. The van der Waals surface area contributed by atoms with E-state index in [-0.39, 0.29) is 0 Å². The number of hydrogen-bond donors (Lipinski definition) is 1. The molecule has 0 aliphatic heterocycles. The number of nitrogens with two attached hydrogens (primary N) is 1. The number of nitrogens with zero attached hydrogens (tertiary/aromatic N) is 2. The smallest absolute Gasteiger partial charge is 0.146 e. The molecule has 1 heterocycles. The molecule has 2 N–H and O–H groups in total. The fraction of sp³-hybridized carbons (Fsp3) is 0.400. The van der Waals surface area contributed by atoms with Crippen molar-refractivity contribution >= 4 is 28.2 Å². The van der Waals surface area contributed by atoms with Crippen molar-refractivity contribution in [2.75, 3.05) is 26.1 Å². The summed E-state index contributed by atoms with van der Waals surface area (Å²) in [6, 6.07) is 1.81. The number of hydrogen-bond acceptors (Lipinski definition) is 4. The van der Waals surface area contributed by atoms with Crippen LogP contribution in [0.25, 0.3) is 10.9 Å². The topological polar surface area (TPSA) is 51.4 Å². The average molecular weight is 294 g/mol. The van der Waals surface area contributed by atoms with Crippen molar-refractivity contribution in [3.63, 3.8) is 0 Å². The van der Waals surface area contributed by atoms with Crippen LogP contribution in [-0.4, -0.2) is 26.2 Å². The van der Waals surface area contributed by atoms with E-state index in [9.17, 15) is 0 Å². The highest BCUT2D eigenvalue weighted by Crippen LogP contribution is 2.40. The van der Waals surface area contributed by atoms with Crippen molar-refractivity contribution in [1.82, 2.24) is 4.98 Å². The number of methoxy groups -OCH3 is 1. The summed E-state index contributed by atoms with van der Waals surface area (Å²) in [5.74, 6) is 0.686. The highest BCUT2D eigenvalue weighted by Gasteiger charge is 2.19. The van der Waals surface area contributed by atoms with Gasteiger partial charge in [0.25, 0.3) is 0 Å². The average Bonchev–Trinajstić information content (AvgIpc) is 2.41. The van der Waals surface area contributed by atoms with E-state index < -0.39 is 0 Å². The molecule has 0 spiro atoms. The van der Waals surface area contributed by atoms with E-state index in [0.717, 1.165) is 33.4 Å². The van der Waals surface area contributed by atoms with Gasteiger partial charge in [-0.2, -0.15) is 0 Å². The SMILES string of the molecule is COc1cc(Cl)c(C)c2c(N(C)C)c(CN)c(C)nc12. The van der Waals surface area contributed by atoms with Crippen LogP contribution in [0.4, 0.5) is 5.69 Å². The third-order valence-corrected chi connectivity index (χ3v) is 3.96. The second-order valence-electron chi connectivity index (χ2n) is 5.03. The molecular weight excluding hydrogens is 274 g/mol. The first-order valence-electron chi connectivity index (χ1n) is 6.46. The van der Waals surface area contributed by atoms with Gasteiger partial charge in [-0.3, -0.25) is 0 Å². The van der Waals surface area contributed by atoms with E-state index in [1.54, 1.807) is 7.11 Å². The molecule has 0 amide bonds. The molecule has 20 heavy (non-hydrogen) atoms. The van der Waals surface area contributed by atoms with Gasteiger partial charge in [0.1, 0.15) is 11.3 Å². The van der Waals surface area contributed by atoms with Crippen LogP contribution >= 0.6 is 11.6 Å². The van der Waals surface area contributed by atoms with Gasteiger partial charge in [0.2, 0.25) is 0 Å². The first-order chi connectivity index (χ1) is 9.42. The Kier molecular flexibility index (Phi) is 4.06. The first kappa shape index (κ1) is 14.9. The normalized spacial score (nSPS) is 10.9. The number of benzene rings is 1. The molecule has 5 heteroatoms. The molecule has 2 aromatic rings. The Morgan fingerprint density at radius 2 is 2.00 bits per heavy atom. The van der Waals surface area contributed by atoms with Crippen molar-refractivity contribution in [2.24, 2.45) is 5.73 Å². The first-order valence-corrected chi connectivity index (χ1v) is 6.83. The number of anilines is 1. The molecule has 0 saturated heterocycles. The summed E-state index contributed by atoms with van der Waals surface area (Å²) in [4.78, 5) is 6.73. The molecule has 0 aliphatic carbocycles. The van der Waals surface area contributed by atoms with Crippen molar-refractivity contribution in [2.45, 2.75) is 20.4 Å². The molecular formula is C15H20ClN3O. The summed E-state index contributed by atoms with van der Waals surface area (Å²) in [6.07, 6.45) is 0. The molecule has 2 rings (SSSR count). The third-order valence-electron chi connectivity index (χ3n) is 3.57. The number of aromatic nitrogens is 1. The largest absolute Gasteiger partial charge is 0.494 e. The second kappa shape index (κ2) is 5.46. The fourth-order valence-electron chi connectivity index (χ4n) is 2.56. The number of halogens is 1. The number of rotatable bonds is 3. The standard InChI is InChI=1S/C15H20ClN3O/c1-8-11(16)6-12(20-5)14-13(8)15(19(3)4)10(7-17)9(2)18-14/h6H,7,17H2,1-5H3. The van der Waals surface area contributed by atoms with Gasteiger partial charge in [0, 0.05) is 48.4 Å².